The molecule has 1 aliphatic rings. The number of benzene rings is 3. The molecule has 0 fully saturated rings. The summed E-state index contributed by atoms with van der Waals surface area (Å²) in [4.78, 5) is 0. The quantitative estimate of drug-likeness (QED) is 0.0840. The van der Waals surface area contributed by atoms with Gasteiger partial charge in [-0.15, -0.1) is 0 Å². The zero-order chi connectivity index (χ0) is 34.6. The van der Waals surface area contributed by atoms with E-state index in [9.17, 15) is 0 Å². The van der Waals surface area contributed by atoms with Crippen molar-refractivity contribution < 1.29 is 18.9 Å². The lowest BCUT2D eigenvalue weighted by Gasteiger charge is -2.33. The minimum absolute atomic E-state index is 0.0281. The topological polar surface area (TPSA) is 36.9 Å². The number of ether oxygens (including phenoxy) is 4. The Bertz CT molecular complexity index is 1540. The highest BCUT2D eigenvalue weighted by atomic mass is 16.5. The lowest BCUT2D eigenvalue weighted by atomic mass is 9.70. The molecule has 0 aliphatic heterocycles. The first-order valence-corrected chi connectivity index (χ1v) is 19.0. The maximum Gasteiger partial charge on any atom is 0.127 e. The number of unbranched alkanes of at least 4 members (excludes halogenated alkanes) is 8. The van der Waals surface area contributed by atoms with Crippen molar-refractivity contribution in [1.29, 1.82) is 0 Å². The van der Waals surface area contributed by atoms with Crippen LogP contribution in [0.4, 0.5) is 0 Å². The number of rotatable bonds is 21. The lowest BCUT2D eigenvalue weighted by molar-refractivity contribution is 0.295. The molecule has 0 bridgehead atoms. The molecule has 262 valence electrons. The van der Waals surface area contributed by atoms with Crippen LogP contribution in [-0.4, -0.2) is 26.4 Å². The minimum Gasteiger partial charge on any atom is -0.494 e. The standard InChI is InChI=1S/C45H58O4/c1-5-9-11-17-29-45(30-18-12-10-6-2)42-24-16-15-23-39(42)40-27-25-37(35-43(40)45)41-36-38(48-33-21-13-19-31-46-7-3)26-28-44(41)49-34-22-14-20-32-47-8-4/h15-16,23-28,35-36H,5-14,17-18,21-22,29-30,33-34H2,1-4H3. The number of hydrogen-bond donors (Lipinski definition) is 0. The molecule has 4 rings (SSSR count). The maximum absolute atomic E-state index is 6.45. The van der Waals surface area contributed by atoms with E-state index in [4.69, 9.17) is 18.9 Å². The third-order valence-electron chi connectivity index (χ3n) is 9.44. The van der Waals surface area contributed by atoms with E-state index < -0.39 is 0 Å². The molecule has 0 spiro atoms. The van der Waals surface area contributed by atoms with Gasteiger partial charge in [0.05, 0.1) is 26.4 Å². The predicted octanol–water partition coefficient (Wildman–Crippen LogP) is 11.9. The fraction of sp³-hybridized carbons (Fsp3) is 0.511. The minimum atomic E-state index is 0.0281. The summed E-state index contributed by atoms with van der Waals surface area (Å²) in [6.45, 7) is 10.9. The van der Waals surface area contributed by atoms with Gasteiger partial charge in [-0.1, -0.05) is 113 Å². The average molecular weight is 663 g/mol. The largest absolute Gasteiger partial charge is 0.494 e. The van der Waals surface area contributed by atoms with Gasteiger partial charge in [0.25, 0.3) is 0 Å². The van der Waals surface area contributed by atoms with Crippen LogP contribution in [0.3, 0.4) is 0 Å². The lowest BCUT2D eigenvalue weighted by Crippen LogP contribution is -2.25. The second-order valence-electron chi connectivity index (χ2n) is 13.0. The Balaban J connectivity index is 1.68. The molecule has 4 nitrogen and oxygen atoms in total. The van der Waals surface area contributed by atoms with Crippen LogP contribution in [0, 0.1) is 24.1 Å². The molecule has 0 heterocycles. The summed E-state index contributed by atoms with van der Waals surface area (Å²) in [5, 5.41) is 0. The summed E-state index contributed by atoms with van der Waals surface area (Å²) in [6, 6.07) is 22.6. The first-order chi connectivity index (χ1) is 24.2. The van der Waals surface area contributed by atoms with Crippen molar-refractivity contribution >= 4 is 0 Å². The summed E-state index contributed by atoms with van der Waals surface area (Å²) in [6.07, 6.45) is 21.2. The first-order valence-electron chi connectivity index (χ1n) is 19.0. The van der Waals surface area contributed by atoms with Gasteiger partial charge in [0.2, 0.25) is 0 Å². The Kier molecular flexibility index (Phi) is 16.3. The van der Waals surface area contributed by atoms with Gasteiger partial charge in [-0.05, 0) is 91.6 Å². The van der Waals surface area contributed by atoms with Gasteiger partial charge in [0.1, 0.15) is 23.7 Å². The Morgan fingerprint density at radius 3 is 1.84 bits per heavy atom. The van der Waals surface area contributed by atoms with Gasteiger partial charge in [-0.2, -0.15) is 0 Å². The fourth-order valence-corrected chi connectivity index (χ4v) is 6.99. The first kappa shape index (κ1) is 37.8. The highest BCUT2D eigenvalue weighted by molar-refractivity contribution is 5.85. The van der Waals surface area contributed by atoms with Gasteiger partial charge in [0.15, 0.2) is 0 Å². The molecule has 0 aromatic heterocycles. The van der Waals surface area contributed by atoms with Gasteiger partial charge in [-0.3, -0.25) is 0 Å². The van der Waals surface area contributed by atoms with E-state index in [0.717, 1.165) is 42.7 Å². The van der Waals surface area contributed by atoms with Crippen LogP contribution in [0.2, 0.25) is 0 Å². The molecule has 1 aliphatic carbocycles. The van der Waals surface area contributed by atoms with Crippen LogP contribution < -0.4 is 9.47 Å². The van der Waals surface area contributed by atoms with E-state index in [1.165, 1.54) is 92.0 Å². The second-order valence-corrected chi connectivity index (χ2v) is 13.0. The highest BCUT2D eigenvalue weighted by Gasteiger charge is 2.42. The summed E-state index contributed by atoms with van der Waals surface area (Å²) in [5.41, 5.74) is 8.07. The van der Waals surface area contributed by atoms with Gasteiger partial charge in [0, 0.05) is 23.8 Å². The molecule has 0 amide bonds. The van der Waals surface area contributed by atoms with E-state index in [1.54, 1.807) is 0 Å². The Morgan fingerprint density at radius 1 is 0.551 bits per heavy atom. The van der Waals surface area contributed by atoms with Gasteiger partial charge >= 0.3 is 0 Å². The van der Waals surface area contributed by atoms with E-state index in [1.807, 2.05) is 19.9 Å². The molecular weight excluding hydrogens is 604 g/mol. The van der Waals surface area contributed by atoms with Crippen LogP contribution in [0.1, 0.15) is 129 Å². The summed E-state index contributed by atoms with van der Waals surface area (Å²) >= 11 is 0. The van der Waals surface area contributed by atoms with Crippen molar-refractivity contribution in [2.75, 3.05) is 26.4 Å². The van der Waals surface area contributed by atoms with Crippen molar-refractivity contribution in [2.24, 2.45) is 0 Å². The smallest absolute Gasteiger partial charge is 0.127 e. The molecular formula is C45H58O4. The van der Waals surface area contributed by atoms with E-state index in [2.05, 4.69) is 92.5 Å². The third kappa shape index (κ3) is 10.7. The average Bonchev–Trinajstić information content (AvgIpc) is 3.40. The van der Waals surface area contributed by atoms with Crippen LogP contribution in [-0.2, 0) is 14.9 Å². The Morgan fingerprint density at radius 2 is 1.18 bits per heavy atom. The SMILES string of the molecule is CCCCCCC1(CCCCCC)c2ccccc2-c2ccc(-c3cc(OCCCC#COCC)ccc3OCCCC#COCC)cc21. The molecule has 0 N–H and O–H groups in total. The fourth-order valence-electron chi connectivity index (χ4n) is 6.99. The molecule has 0 unspecified atom stereocenters. The van der Waals surface area contributed by atoms with Crippen molar-refractivity contribution in [2.45, 2.75) is 123 Å². The van der Waals surface area contributed by atoms with Crippen molar-refractivity contribution in [3.05, 3.63) is 71.8 Å². The Hall–Kier alpha value is -4.02. The summed E-state index contributed by atoms with van der Waals surface area (Å²) < 4.78 is 23.0. The zero-order valence-electron chi connectivity index (χ0n) is 30.6. The molecule has 0 saturated carbocycles. The number of fused-ring (bicyclic) bond motifs is 3. The Labute approximate surface area is 297 Å². The maximum atomic E-state index is 6.45. The second kappa shape index (κ2) is 21.1. The molecule has 3 aromatic rings. The number of hydrogen-bond acceptors (Lipinski definition) is 4. The molecule has 3 aromatic carbocycles. The molecule has 4 heteroatoms. The summed E-state index contributed by atoms with van der Waals surface area (Å²) in [5.74, 6) is 7.85. The predicted molar refractivity (Wildman–Crippen MR) is 204 cm³/mol. The normalized spacial score (nSPS) is 12.2. The third-order valence-corrected chi connectivity index (χ3v) is 9.44. The van der Waals surface area contributed by atoms with Crippen molar-refractivity contribution in [3.8, 4) is 57.8 Å². The van der Waals surface area contributed by atoms with Crippen LogP contribution in [0.15, 0.2) is 60.7 Å². The van der Waals surface area contributed by atoms with Crippen LogP contribution in [0.5, 0.6) is 11.5 Å². The molecule has 0 radical (unpaired) electrons. The molecule has 0 atom stereocenters. The molecule has 49 heavy (non-hydrogen) atoms. The van der Waals surface area contributed by atoms with E-state index >= 15 is 0 Å². The van der Waals surface area contributed by atoms with Gasteiger partial charge < -0.3 is 18.9 Å². The van der Waals surface area contributed by atoms with Gasteiger partial charge in [-0.25, -0.2) is 0 Å². The van der Waals surface area contributed by atoms with Crippen molar-refractivity contribution in [1.82, 2.24) is 0 Å². The van der Waals surface area contributed by atoms with Crippen molar-refractivity contribution in [3.63, 3.8) is 0 Å². The molecule has 0 saturated heterocycles. The highest BCUT2D eigenvalue weighted by Crippen LogP contribution is 2.55. The van der Waals surface area contributed by atoms with E-state index in [-0.39, 0.29) is 5.41 Å². The zero-order valence-corrected chi connectivity index (χ0v) is 30.6. The van der Waals surface area contributed by atoms with E-state index in [0.29, 0.717) is 26.4 Å². The monoisotopic (exact) mass is 662 g/mol. The van der Waals surface area contributed by atoms with Crippen LogP contribution >= 0.6 is 0 Å². The summed E-state index contributed by atoms with van der Waals surface area (Å²) in [7, 11) is 0. The van der Waals surface area contributed by atoms with Crippen LogP contribution in [0.25, 0.3) is 22.3 Å².